The molecule has 110 heavy (non-hydrogen) atoms. The molecule has 0 amide bonds. The molecule has 20 rings (SSSR count). The number of nitrogens with zero attached hydrogens (tertiary/aromatic N) is 9. The maximum absolute atomic E-state index is 11.6. The number of H-pyrrole nitrogens is 3. The second kappa shape index (κ2) is 34.1. The van der Waals surface area contributed by atoms with Gasteiger partial charge in [-0.2, -0.15) is 15.3 Å². The van der Waals surface area contributed by atoms with Crippen molar-refractivity contribution in [2.75, 3.05) is 52.4 Å². The zero-order valence-electron chi connectivity index (χ0n) is 61.5. The fourth-order valence-electron chi connectivity index (χ4n) is 18.4. The highest BCUT2D eigenvalue weighted by Gasteiger charge is 2.46. The van der Waals surface area contributed by atoms with Crippen molar-refractivity contribution in [1.29, 1.82) is 0 Å². The van der Waals surface area contributed by atoms with Gasteiger partial charge in [-0.1, -0.05) is 61.5 Å². The van der Waals surface area contributed by atoms with Crippen LogP contribution in [-0.2, 0) is 32.7 Å². The molecule has 8 aliphatic heterocycles. The van der Waals surface area contributed by atoms with Gasteiger partial charge in [-0.05, 0) is 261 Å². The second-order valence-electron chi connectivity index (χ2n) is 32.5. The highest BCUT2D eigenvalue weighted by molar-refractivity contribution is 5.66. The van der Waals surface area contributed by atoms with Gasteiger partial charge < -0.3 is 43.3 Å². The van der Waals surface area contributed by atoms with Gasteiger partial charge in [0.15, 0.2) is 0 Å². The molecule has 4 aromatic carbocycles. The normalized spacial score (nSPS) is 21.4. The smallest absolute Gasteiger partial charge is 0.266 e. The van der Waals surface area contributed by atoms with E-state index in [4.69, 9.17) is 23.7 Å². The summed E-state index contributed by atoms with van der Waals surface area (Å²) >= 11 is 0. The van der Waals surface area contributed by atoms with Gasteiger partial charge >= 0.3 is 0 Å². The van der Waals surface area contributed by atoms with Gasteiger partial charge in [0.2, 0.25) is 5.88 Å². The van der Waals surface area contributed by atoms with Crippen LogP contribution in [-0.4, -0.2) is 159 Å². The van der Waals surface area contributed by atoms with Crippen LogP contribution in [0, 0.1) is 0 Å². The molecule has 21 nitrogen and oxygen atoms in total. The summed E-state index contributed by atoms with van der Waals surface area (Å²) in [4.78, 5) is 56.1. The number of hydrogen-bond donors (Lipinski definition) is 3. The van der Waals surface area contributed by atoms with Crippen molar-refractivity contribution in [2.45, 2.75) is 256 Å². The van der Waals surface area contributed by atoms with Gasteiger partial charge in [-0.15, -0.1) is 5.10 Å². The van der Waals surface area contributed by atoms with Gasteiger partial charge in [0.25, 0.3) is 22.2 Å². The lowest BCUT2D eigenvalue weighted by molar-refractivity contribution is -0.0339. The Kier molecular flexibility index (Phi) is 24.6. The molecule has 3 N–H and O–H groups in total. The first kappa shape index (κ1) is 79.3. The van der Waals surface area contributed by atoms with E-state index in [0.717, 1.165) is 184 Å². The summed E-state index contributed by atoms with van der Waals surface area (Å²) in [6.07, 6.45) is 36.0. The maximum Gasteiger partial charge on any atom is 0.266 e. The van der Waals surface area contributed by atoms with Crippen LogP contribution >= 0.6 is 0 Å². The fourth-order valence-corrected chi connectivity index (χ4v) is 18.4. The van der Waals surface area contributed by atoms with Crippen LogP contribution < -0.4 is 45.9 Å². The zero-order chi connectivity index (χ0) is 71.8. The summed E-state index contributed by atoms with van der Waals surface area (Å²) < 4.78 is 33.3. The van der Waals surface area contributed by atoms with Crippen LogP contribution in [0.25, 0.3) is 33.6 Å². The number of likely N-dealkylation sites (tertiary alicyclic amines) is 4. The molecule has 4 saturated heterocycles. The van der Waals surface area contributed by atoms with Gasteiger partial charge in [0.1, 0.15) is 51.2 Å². The number of ether oxygens (including phenoxy) is 5. The van der Waals surface area contributed by atoms with Crippen LogP contribution in [0.15, 0.2) is 141 Å². The first-order valence-electron chi connectivity index (χ1n) is 39.9. The predicted octanol–water partition coefficient (Wildman–Crippen LogP) is 15.3. The molecule has 8 fully saturated rings. The molecule has 12 aliphatic rings. The van der Waals surface area contributed by atoms with Gasteiger partial charge in [-0.3, -0.25) is 19.2 Å². The molecule has 0 unspecified atom stereocenters. The maximum atomic E-state index is 11.6. The largest absolute Gasteiger partial charge is 0.487 e. The Morgan fingerprint density at radius 1 is 0.373 bits per heavy atom. The minimum atomic E-state index is -0.241. The van der Waals surface area contributed by atoms with E-state index in [1.54, 1.807) is 43.6 Å². The quantitative estimate of drug-likeness (QED) is 0.122. The summed E-state index contributed by atoms with van der Waals surface area (Å²) in [5, 5.41) is 23.6. The summed E-state index contributed by atoms with van der Waals surface area (Å²) in [7, 11) is 1.69. The monoisotopic (exact) mass is 1500 g/mol. The van der Waals surface area contributed by atoms with E-state index in [9.17, 15) is 19.2 Å². The number of aromatic amines is 3. The van der Waals surface area contributed by atoms with Gasteiger partial charge in [-0.25, -0.2) is 20.0 Å². The Balaban J connectivity index is 0.000000127. The minimum absolute atomic E-state index is 0. The van der Waals surface area contributed by atoms with Crippen molar-refractivity contribution in [2.24, 2.45) is 7.05 Å². The molecule has 588 valence electrons. The second-order valence-corrected chi connectivity index (χ2v) is 32.5. The Labute approximate surface area is 649 Å². The lowest BCUT2D eigenvalue weighted by atomic mass is 9.81. The predicted molar refractivity (Wildman–Crippen MR) is 434 cm³/mol. The van der Waals surface area contributed by atoms with Crippen molar-refractivity contribution in [1.82, 2.24) is 60.0 Å². The zero-order valence-corrected chi connectivity index (χ0v) is 61.5. The molecule has 4 spiro atoms. The van der Waals surface area contributed by atoms with Crippen molar-refractivity contribution in [3.63, 3.8) is 0 Å². The van der Waals surface area contributed by atoms with E-state index in [1.165, 1.54) is 168 Å². The van der Waals surface area contributed by atoms with E-state index in [-0.39, 0.29) is 74.3 Å². The van der Waals surface area contributed by atoms with Crippen LogP contribution in [0.1, 0.15) is 206 Å². The van der Waals surface area contributed by atoms with Crippen LogP contribution in [0.4, 0.5) is 0 Å². The van der Waals surface area contributed by atoms with Gasteiger partial charge in [0.05, 0.1) is 17.6 Å². The van der Waals surface area contributed by atoms with Crippen molar-refractivity contribution >= 4 is 0 Å². The van der Waals surface area contributed by atoms with Crippen LogP contribution in [0.5, 0.6) is 34.6 Å². The number of aromatic nitrogens is 8. The standard InChI is InChI=1S/C22H27N3O2.C21H25N3O3.2C21H25N3O2.4CH4/c1-24-21(26)8-6-19(23-24)16-5-7-20-17(15-16)9-10-22(27-20)11-13-25(14-12-22)18-3-2-4-18;25-19-6-7-20(23-22-19)26-17-4-5-18-15(14-17)8-9-21(27-18)10-12-24(13-11-21)16-2-1-3-16;25-20-7-5-18(22-23-20)15-4-6-19-16(14-15)8-9-21(26-19)10-12-24(13-11-21)17-2-1-3-17;25-20-13-17(14-22-23-20)15-4-5-19-16(12-15)6-7-21(26-19)8-10-24(11-9-21)18-2-1-3-18;;;;/h5-8,15,18H,2-4,9-14H2,1H3;4-7,14,16H,1-3,8-13H2,(H,22,25);4-7,14,17H,1-3,8-13H2,(H,23,25);4-5,12-14,18H,1-3,6-11H2,(H,23,25);4*1H4. The minimum Gasteiger partial charge on any atom is -0.487 e. The van der Waals surface area contributed by atoms with Gasteiger partial charge in [0, 0.05) is 131 Å². The number of piperidine rings is 4. The number of benzene rings is 4. The molecular weight excluding hydrogens is 1380 g/mol. The summed E-state index contributed by atoms with van der Waals surface area (Å²) in [6, 6.07) is 39.4. The molecule has 0 atom stereocenters. The van der Waals surface area contributed by atoms with E-state index < -0.39 is 0 Å². The highest BCUT2D eigenvalue weighted by Crippen LogP contribution is 2.47. The SMILES string of the molecule is C.C.C.C.Cn1nc(-c2ccc3c(c2)CCC2(CCN(C4CCC4)CC2)O3)ccc1=O.O=c1cc(-c2ccc3c(c2)CCC2(CCN(C4CCC4)CC2)O3)cn[nH]1.O=c1ccc(-c2ccc3c(c2)CCC2(CCN(C4CCC4)CC2)O3)n[nH]1.O=c1ccc(Oc2ccc3c(c2)CCC2(CCN(C4CCC4)CC2)O3)n[nH]1. The molecule has 12 heterocycles. The van der Waals surface area contributed by atoms with E-state index >= 15 is 0 Å². The number of aryl methyl sites for hydroxylation is 5. The lowest BCUT2D eigenvalue weighted by Crippen LogP contribution is -2.53. The molecule has 4 aromatic heterocycles. The highest BCUT2D eigenvalue weighted by atomic mass is 16.5. The Morgan fingerprint density at radius 2 is 0.745 bits per heavy atom. The Morgan fingerprint density at radius 3 is 1.12 bits per heavy atom. The molecule has 4 aliphatic carbocycles. The third kappa shape index (κ3) is 17.5. The molecule has 4 saturated carbocycles. The average molecular weight is 1500 g/mol. The van der Waals surface area contributed by atoms with Crippen LogP contribution in [0.2, 0.25) is 0 Å². The molecule has 21 heteroatoms. The topological polar surface area (TPSA) is 231 Å². The first-order chi connectivity index (χ1) is 51.7. The van der Waals surface area contributed by atoms with E-state index in [0.29, 0.717) is 11.6 Å². The van der Waals surface area contributed by atoms with Crippen molar-refractivity contribution in [3.8, 4) is 68.3 Å². The Bertz CT molecular complexity index is 4650. The summed E-state index contributed by atoms with van der Waals surface area (Å²) in [5.74, 6) is 5.17. The summed E-state index contributed by atoms with van der Waals surface area (Å²) in [6.45, 7) is 9.41. The molecule has 0 radical (unpaired) electrons. The third-order valence-electron chi connectivity index (χ3n) is 26.2. The number of nitrogens with one attached hydrogen (secondary N) is 3. The fraction of sp³-hybridized carbons (Fsp3) is 0.551. The van der Waals surface area contributed by atoms with Crippen molar-refractivity contribution in [3.05, 3.63) is 185 Å². The third-order valence-corrected chi connectivity index (χ3v) is 26.2. The number of fused-ring (bicyclic) bond motifs is 4. The number of rotatable bonds is 9. The number of hydrogen-bond acceptors (Lipinski definition) is 17. The van der Waals surface area contributed by atoms with E-state index in [2.05, 4.69) is 97.8 Å². The lowest BCUT2D eigenvalue weighted by Gasteiger charge is -2.48. The molecule has 0 bridgehead atoms. The molecule has 8 aromatic rings. The van der Waals surface area contributed by atoms with Crippen molar-refractivity contribution < 1.29 is 23.7 Å². The Hall–Kier alpha value is -8.76. The molecular formula is C89H118N12O9. The first-order valence-corrected chi connectivity index (χ1v) is 39.9. The average Bonchev–Trinajstić information content (AvgIpc) is 0.784. The summed E-state index contributed by atoms with van der Waals surface area (Å²) in [5.41, 5.74) is 9.94. The van der Waals surface area contributed by atoms with Crippen LogP contribution in [0.3, 0.4) is 0 Å². The van der Waals surface area contributed by atoms with E-state index in [1.807, 2.05) is 30.3 Å².